The lowest BCUT2D eigenvalue weighted by molar-refractivity contribution is -0.145. The van der Waals surface area contributed by atoms with E-state index in [2.05, 4.69) is 4.99 Å². The Morgan fingerprint density at radius 3 is 2.68 bits per heavy atom. The van der Waals surface area contributed by atoms with Gasteiger partial charge in [-0.1, -0.05) is 19.3 Å². The van der Waals surface area contributed by atoms with Crippen molar-refractivity contribution in [1.82, 2.24) is 4.90 Å². The Morgan fingerprint density at radius 1 is 1.37 bits per heavy atom. The molecular formula is C14H22N2O3. The van der Waals surface area contributed by atoms with E-state index in [1.165, 1.54) is 6.42 Å². The highest BCUT2D eigenvalue weighted by Crippen LogP contribution is 2.23. The molecule has 0 radical (unpaired) electrons. The van der Waals surface area contributed by atoms with Gasteiger partial charge in [0.2, 0.25) is 0 Å². The van der Waals surface area contributed by atoms with Gasteiger partial charge in [0.1, 0.15) is 11.6 Å². The first kappa shape index (κ1) is 14.0. The number of hydrogen-bond acceptors (Lipinski definition) is 4. The molecule has 1 aliphatic carbocycles. The maximum absolute atomic E-state index is 12.1. The fraction of sp³-hybridized carbons (Fsp3) is 0.786. The average molecular weight is 266 g/mol. The molecule has 0 aromatic heterocycles. The first-order valence-corrected chi connectivity index (χ1v) is 7.13. The summed E-state index contributed by atoms with van der Waals surface area (Å²) in [6.45, 7) is 2.50. The minimum absolute atomic E-state index is 0.122. The number of esters is 1. The zero-order valence-electron chi connectivity index (χ0n) is 11.7. The SMILES string of the molecule is CCOC(=O)C1CN(C)C(=O)C1=NC1CCCCC1. The highest BCUT2D eigenvalue weighted by atomic mass is 16.5. The number of likely N-dealkylation sites (tertiary alicyclic amines) is 1. The average Bonchev–Trinajstić information content (AvgIpc) is 2.69. The van der Waals surface area contributed by atoms with Crippen LogP contribution >= 0.6 is 0 Å². The number of hydrogen-bond donors (Lipinski definition) is 0. The molecule has 1 saturated heterocycles. The molecule has 5 heteroatoms. The van der Waals surface area contributed by atoms with E-state index in [0.29, 0.717) is 18.9 Å². The van der Waals surface area contributed by atoms with E-state index in [9.17, 15) is 9.59 Å². The molecule has 0 bridgehead atoms. The minimum Gasteiger partial charge on any atom is -0.465 e. The highest BCUT2D eigenvalue weighted by molar-refractivity contribution is 6.44. The van der Waals surface area contributed by atoms with Gasteiger partial charge in [-0.25, -0.2) is 0 Å². The molecule has 1 unspecified atom stereocenters. The van der Waals surface area contributed by atoms with Gasteiger partial charge < -0.3 is 9.64 Å². The summed E-state index contributed by atoms with van der Waals surface area (Å²) in [5.41, 5.74) is 0.410. The van der Waals surface area contributed by atoms with Crippen LogP contribution in [-0.2, 0) is 14.3 Å². The fourth-order valence-electron chi connectivity index (χ4n) is 2.77. The number of aliphatic imine (C=N–C) groups is 1. The van der Waals surface area contributed by atoms with Crippen molar-refractivity contribution in [3.05, 3.63) is 0 Å². The van der Waals surface area contributed by atoms with E-state index in [1.807, 2.05) is 0 Å². The van der Waals surface area contributed by atoms with Crippen LogP contribution in [0.1, 0.15) is 39.0 Å². The van der Waals surface area contributed by atoms with Crippen LogP contribution in [0.15, 0.2) is 4.99 Å². The van der Waals surface area contributed by atoms with Gasteiger partial charge in [0, 0.05) is 13.6 Å². The highest BCUT2D eigenvalue weighted by Gasteiger charge is 2.40. The Balaban J connectivity index is 2.15. The van der Waals surface area contributed by atoms with E-state index in [-0.39, 0.29) is 17.9 Å². The monoisotopic (exact) mass is 266 g/mol. The Bertz CT molecular complexity index is 386. The van der Waals surface area contributed by atoms with E-state index in [0.717, 1.165) is 25.7 Å². The molecular weight excluding hydrogens is 244 g/mol. The standard InChI is InChI=1S/C14H22N2O3/c1-3-19-14(18)11-9-16(2)13(17)12(11)15-10-7-5-4-6-8-10/h10-11H,3-9H2,1-2H3. The largest absolute Gasteiger partial charge is 0.465 e. The maximum atomic E-state index is 12.1. The van der Waals surface area contributed by atoms with Crippen LogP contribution in [0.3, 0.4) is 0 Å². The summed E-state index contributed by atoms with van der Waals surface area (Å²) < 4.78 is 5.04. The number of nitrogens with zero attached hydrogens (tertiary/aromatic N) is 2. The second-order valence-corrected chi connectivity index (χ2v) is 5.30. The summed E-state index contributed by atoms with van der Waals surface area (Å²) in [5.74, 6) is -0.947. The van der Waals surface area contributed by atoms with Crippen LogP contribution in [0.5, 0.6) is 0 Å². The number of amides is 1. The lowest BCUT2D eigenvalue weighted by Crippen LogP contribution is -2.28. The van der Waals surface area contributed by atoms with Crippen molar-refractivity contribution in [2.24, 2.45) is 10.9 Å². The van der Waals surface area contributed by atoms with E-state index in [1.54, 1.807) is 18.9 Å². The van der Waals surface area contributed by atoms with Crippen molar-refractivity contribution < 1.29 is 14.3 Å². The van der Waals surface area contributed by atoms with E-state index in [4.69, 9.17) is 4.74 Å². The Morgan fingerprint density at radius 2 is 2.05 bits per heavy atom. The summed E-state index contributed by atoms with van der Waals surface area (Å²) in [6, 6.07) is 0.205. The van der Waals surface area contributed by atoms with Crippen molar-refractivity contribution in [2.75, 3.05) is 20.2 Å². The molecule has 5 nitrogen and oxygen atoms in total. The second-order valence-electron chi connectivity index (χ2n) is 5.30. The molecule has 0 aromatic rings. The van der Waals surface area contributed by atoms with Crippen molar-refractivity contribution in [2.45, 2.75) is 45.1 Å². The van der Waals surface area contributed by atoms with Gasteiger partial charge in [0.15, 0.2) is 0 Å². The predicted molar refractivity (Wildman–Crippen MR) is 72.1 cm³/mol. The fourth-order valence-corrected chi connectivity index (χ4v) is 2.77. The van der Waals surface area contributed by atoms with Crippen molar-refractivity contribution in [3.63, 3.8) is 0 Å². The molecule has 1 heterocycles. The summed E-state index contributed by atoms with van der Waals surface area (Å²) >= 11 is 0. The van der Waals surface area contributed by atoms with Gasteiger partial charge in [-0.15, -0.1) is 0 Å². The molecule has 2 rings (SSSR count). The third-order valence-corrected chi connectivity index (χ3v) is 3.82. The summed E-state index contributed by atoms with van der Waals surface area (Å²) in [5, 5.41) is 0. The van der Waals surface area contributed by atoms with Crippen molar-refractivity contribution in [3.8, 4) is 0 Å². The Labute approximate surface area is 114 Å². The first-order chi connectivity index (χ1) is 9.13. The molecule has 0 N–H and O–H groups in total. The zero-order chi connectivity index (χ0) is 13.8. The van der Waals surface area contributed by atoms with Gasteiger partial charge in [-0.05, 0) is 19.8 Å². The first-order valence-electron chi connectivity index (χ1n) is 7.13. The van der Waals surface area contributed by atoms with Gasteiger partial charge in [0.25, 0.3) is 5.91 Å². The minimum atomic E-state index is -0.501. The number of ether oxygens (including phenoxy) is 1. The third kappa shape index (κ3) is 3.14. The molecule has 1 atom stereocenters. The maximum Gasteiger partial charge on any atom is 0.317 e. The summed E-state index contributed by atoms with van der Waals surface area (Å²) in [7, 11) is 1.71. The van der Waals surface area contributed by atoms with Crippen molar-refractivity contribution in [1.29, 1.82) is 0 Å². The van der Waals surface area contributed by atoms with Crippen LogP contribution in [0.4, 0.5) is 0 Å². The second kappa shape index (κ2) is 6.17. The molecule has 2 aliphatic rings. The molecule has 19 heavy (non-hydrogen) atoms. The third-order valence-electron chi connectivity index (χ3n) is 3.82. The topological polar surface area (TPSA) is 59.0 Å². The van der Waals surface area contributed by atoms with E-state index < -0.39 is 5.92 Å². The molecule has 1 aliphatic heterocycles. The van der Waals surface area contributed by atoms with Gasteiger partial charge in [-0.2, -0.15) is 0 Å². The van der Waals surface area contributed by atoms with Crippen LogP contribution < -0.4 is 0 Å². The quantitative estimate of drug-likeness (QED) is 0.726. The van der Waals surface area contributed by atoms with Gasteiger partial charge >= 0.3 is 5.97 Å². The van der Waals surface area contributed by atoms with Gasteiger partial charge in [-0.3, -0.25) is 14.6 Å². The van der Waals surface area contributed by atoms with Crippen LogP contribution in [-0.4, -0.2) is 48.7 Å². The van der Waals surface area contributed by atoms with Crippen LogP contribution in [0, 0.1) is 5.92 Å². The number of carbonyl (C=O) groups excluding carboxylic acids is 2. The zero-order valence-corrected chi connectivity index (χ0v) is 11.7. The lowest BCUT2D eigenvalue weighted by atomic mass is 9.95. The summed E-state index contributed by atoms with van der Waals surface area (Å²) in [4.78, 5) is 30.1. The predicted octanol–water partition coefficient (Wildman–Crippen LogP) is 1.41. The molecule has 2 fully saturated rings. The van der Waals surface area contributed by atoms with Gasteiger partial charge in [0.05, 0.1) is 12.6 Å². The Kier molecular flexibility index (Phi) is 4.56. The van der Waals surface area contributed by atoms with Crippen LogP contribution in [0.25, 0.3) is 0 Å². The molecule has 1 amide bonds. The molecule has 1 saturated carbocycles. The normalized spacial score (nSPS) is 27.1. The number of rotatable bonds is 3. The number of carbonyl (C=O) groups is 2. The lowest BCUT2D eigenvalue weighted by Gasteiger charge is -2.19. The molecule has 0 aromatic carbocycles. The van der Waals surface area contributed by atoms with Crippen LogP contribution in [0.2, 0.25) is 0 Å². The van der Waals surface area contributed by atoms with Crippen molar-refractivity contribution >= 4 is 17.6 Å². The van der Waals surface area contributed by atoms with E-state index >= 15 is 0 Å². The molecule has 0 spiro atoms. The Hall–Kier alpha value is -1.39. The summed E-state index contributed by atoms with van der Waals surface area (Å²) in [6.07, 6.45) is 5.62. The molecule has 106 valence electrons. The smallest absolute Gasteiger partial charge is 0.317 e.